The molecule has 0 radical (unpaired) electrons. The largest absolute Gasteiger partial charge is 0.366 e. The van der Waals surface area contributed by atoms with Crippen LogP contribution >= 0.6 is 0 Å². The molecule has 102 valence electrons. The van der Waals surface area contributed by atoms with Gasteiger partial charge in [-0.15, -0.1) is 0 Å². The van der Waals surface area contributed by atoms with E-state index in [1.54, 1.807) is 0 Å². The molecule has 1 aliphatic rings. The van der Waals surface area contributed by atoms with E-state index in [1.165, 1.54) is 18.2 Å². The topological polar surface area (TPSA) is 102 Å². The molecule has 0 spiro atoms. The first-order valence-corrected chi connectivity index (χ1v) is 6.13. The van der Waals surface area contributed by atoms with Crippen LogP contribution in [0.1, 0.15) is 16.8 Å². The summed E-state index contributed by atoms with van der Waals surface area (Å²) in [5.41, 5.74) is 5.99. The van der Waals surface area contributed by atoms with Gasteiger partial charge in [-0.3, -0.25) is 14.9 Å². The lowest BCUT2D eigenvalue weighted by atomic mass is 10.1. The lowest BCUT2D eigenvalue weighted by Crippen LogP contribution is -2.28. The Morgan fingerprint density at radius 1 is 1.37 bits per heavy atom. The molecule has 7 heteroatoms. The number of primary amides is 1. The van der Waals surface area contributed by atoms with Gasteiger partial charge in [-0.25, -0.2) is 0 Å². The lowest BCUT2D eigenvalue weighted by Gasteiger charge is -2.22. The van der Waals surface area contributed by atoms with E-state index >= 15 is 0 Å². The van der Waals surface area contributed by atoms with Crippen LogP contribution in [0.4, 0.5) is 11.4 Å². The van der Waals surface area contributed by atoms with E-state index in [0.29, 0.717) is 12.2 Å². The smallest absolute Gasteiger partial charge is 0.292 e. The highest BCUT2D eigenvalue weighted by Crippen LogP contribution is 2.29. The Morgan fingerprint density at radius 3 is 2.84 bits per heavy atom. The van der Waals surface area contributed by atoms with E-state index in [2.05, 4.69) is 5.32 Å². The van der Waals surface area contributed by atoms with Crippen LogP contribution in [0.25, 0.3) is 0 Å². The van der Waals surface area contributed by atoms with E-state index in [0.717, 1.165) is 26.1 Å². The first kappa shape index (κ1) is 13.3. The molecule has 19 heavy (non-hydrogen) atoms. The fourth-order valence-corrected chi connectivity index (χ4v) is 2.17. The predicted octanol–water partition coefficient (Wildman–Crippen LogP) is 0.493. The number of amides is 1. The van der Waals surface area contributed by atoms with Crippen molar-refractivity contribution in [2.24, 2.45) is 5.73 Å². The fourth-order valence-electron chi connectivity index (χ4n) is 2.17. The third-order valence-electron chi connectivity index (χ3n) is 3.14. The van der Waals surface area contributed by atoms with Crippen molar-refractivity contribution in [2.75, 3.05) is 31.1 Å². The average Bonchev–Trinajstić information content (AvgIpc) is 2.66. The number of anilines is 1. The summed E-state index contributed by atoms with van der Waals surface area (Å²) in [4.78, 5) is 23.8. The van der Waals surface area contributed by atoms with Crippen molar-refractivity contribution >= 4 is 17.3 Å². The number of nitrogens with zero attached hydrogens (tertiary/aromatic N) is 2. The van der Waals surface area contributed by atoms with Gasteiger partial charge >= 0.3 is 0 Å². The van der Waals surface area contributed by atoms with Crippen LogP contribution in [0.2, 0.25) is 0 Å². The van der Waals surface area contributed by atoms with Gasteiger partial charge in [0.2, 0.25) is 5.91 Å². The number of nitro benzene ring substituents is 1. The number of carbonyl (C=O) groups excluding carboxylic acids is 1. The van der Waals surface area contributed by atoms with Crippen LogP contribution in [0.3, 0.4) is 0 Å². The van der Waals surface area contributed by atoms with Gasteiger partial charge in [0.1, 0.15) is 5.69 Å². The Morgan fingerprint density at radius 2 is 2.16 bits per heavy atom. The van der Waals surface area contributed by atoms with E-state index in [-0.39, 0.29) is 11.3 Å². The SMILES string of the molecule is NC(=O)c1ccc([N+](=O)[O-])c(N2CCCNCC2)c1. The molecule has 7 nitrogen and oxygen atoms in total. The summed E-state index contributed by atoms with van der Waals surface area (Å²) < 4.78 is 0. The van der Waals surface area contributed by atoms with Crippen LogP contribution in [0.15, 0.2) is 18.2 Å². The van der Waals surface area contributed by atoms with Gasteiger partial charge in [0, 0.05) is 31.3 Å². The van der Waals surface area contributed by atoms with Gasteiger partial charge in [0.05, 0.1) is 4.92 Å². The minimum Gasteiger partial charge on any atom is -0.366 e. The highest BCUT2D eigenvalue weighted by atomic mass is 16.6. The minimum absolute atomic E-state index is 0.00639. The number of nitrogens with one attached hydrogen (secondary N) is 1. The van der Waals surface area contributed by atoms with E-state index in [9.17, 15) is 14.9 Å². The Balaban J connectivity index is 2.41. The summed E-state index contributed by atoms with van der Waals surface area (Å²) in [7, 11) is 0. The summed E-state index contributed by atoms with van der Waals surface area (Å²) in [5, 5.41) is 14.3. The number of nitrogens with two attached hydrogens (primary N) is 1. The maximum atomic E-state index is 11.2. The first-order chi connectivity index (χ1) is 9.09. The van der Waals surface area contributed by atoms with E-state index in [4.69, 9.17) is 5.73 Å². The maximum absolute atomic E-state index is 11.2. The highest BCUT2D eigenvalue weighted by Gasteiger charge is 2.21. The minimum atomic E-state index is -0.580. The zero-order valence-corrected chi connectivity index (χ0v) is 10.5. The highest BCUT2D eigenvalue weighted by molar-refractivity contribution is 5.94. The molecule has 0 atom stereocenters. The molecule has 0 aromatic heterocycles. The molecule has 1 aromatic carbocycles. The second kappa shape index (κ2) is 5.66. The molecule has 1 fully saturated rings. The van der Waals surface area contributed by atoms with E-state index < -0.39 is 10.8 Å². The molecule has 2 rings (SSSR count). The molecule has 0 aliphatic carbocycles. The lowest BCUT2D eigenvalue weighted by molar-refractivity contribution is -0.384. The summed E-state index contributed by atoms with van der Waals surface area (Å²) >= 11 is 0. The van der Waals surface area contributed by atoms with Crippen molar-refractivity contribution < 1.29 is 9.72 Å². The average molecular weight is 264 g/mol. The Bertz CT molecular complexity index is 496. The van der Waals surface area contributed by atoms with Crippen molar-refractivity contribution in [1.82, 2.24) is 5.32 Å². The van der Waals surface area contributed by atoms with Crippen molar-refractivity contribution in [3.05, 3.63) is 33.9 Å². The second-order valence-corrected chi connectivity index (χ2v) is 4.42. The monoisotopic (exact) mass is 264 g/mol. The molecule has 1 aromatic rings. The molecular weight excluding hydrogens is 248 g/mol. The zero-order chi connectivity index (χ0) is 13.8. The van der Waals surface area contributed by atoms with Crippen LogP contribution in [-0.4, -0.2) is 37.0 Å². The third kappa shape index (κ3) is 3.00. The van der Waals surface area contributed by atoms with Crippen LogP contribution in [0, 0.1) is 10.1 Å². The van der Waals surface area contributed by atoms with Gasteiger partial charge in [0.15, 0.2) is 0 Å². The molecule has 1 heterocycles. The van der Waals surface area contributed by atoms with Gasteiger partial charge in [-0.05, 0) is 25.1 Å². The summed E-state index contributed by atoms with van der Waals surface area (Å²) in [5.74, 6) is -0.580. The molecule has 1 saturated heterocycles. The zero-order valence-electron chi connectivity index (χ0n) is 10.5. The number of carbonyl (C=O) groups is 1. The van der Waals surface area contributed by atoms with Gasteiger partial charge in [-0.1, -0.05) is 0 Å². The van der Waals surface area contributed by atoms with Crippen LogP contribution in [0.5, 0.6) is 0 Å². The molecule has 0 unspecified atom stereocenters. The van der Waals surface area contributed by atoms with Gasteiger partial charge in [-0.2, -0.15) is 0 Å². The van der Waals surface area contributed by atoms with Gasteiger partial charge < -0.3 is 16.0 Å². The van der Waals surface area contributed by atoms with Gasteiger partial charge in [0.25, 0.3) is 5.69 Å². The predicted molar refractivity (Wildman–Crippen MR) is 71.3 cm³/mol. The van der Waals surface area contributed by atoms with Crippen molar-refractivity contribution in [2.45, 2.75) is 6.42 Å². The Hall–Kier alpha value is -2.15. The Labute approximate surface area is 110 Å². The Kier molecular flexibility index (Phi) is 3.96. The fraction of sp³-hybridized carbons (Fsp3) is 0.417. The van der Waals surface area contributed by atoms with Crippen LogP contribution < -0.4 is 16.0 Å². The van der Waals surface area contributed by atoms with Crippen LogP contribution in [-0.2, 0) is 0 Å². The van der Waals surface area contributed by atoms with E-state index in [1.807, 2.05) is 4.90 Å². The standard InChI is InChI=1S/C12H16N4O3/c13-12(17)9-2-3-10(16(18)19)11(8-9)15-6-1-4-14-5-7-15/h2-3,8,14H,1,4-7H2,(H2,13,17). The summed E-state index contributed by atoms with van der Waals surface area (Å²) in [6, 6.07) is 4.24. The number of nitro groups is 1. The van der Waals surface area contributed by atoms with Crippen molar-refractivity contribution in [1.29, 1.82) is 0 Å². The molecule has 0 bridgehead atoms. The number of rotatable bonds is 3. The van der Waals surface area contributed by atoms with Crippen molar-refractivity contribution in [3.8, 4) is 0 Å². The quantitative estimate of drug-likeness (QED) is 0.611. The number of hydrogen-bond donors (Lipinski definition) is 2. The third-order valence-corrected chi connectivity index (χ3v) is 3.14. The molecule has 1 aliphatic heterocycles. The number of benzene rings is 1. The normalized spacial score (nSPS) is 15.9. The second-order valence-electron chi connectivity index (χ2n) is 4.42. The van der Waals surface area contributed by atoms with Crippen molar-refractivity contribution in [3.63, 3.8) is 0 Å². The summed E-state index contributed by atoms with van der Waals surface area (Å²) in [6.45, 7) is 3.04. The molecule has 1 amide bonds. The molecule has 3 N–H and O–H groups in total. The molecular formula is C12H16N4O3. The first-order valence-electron chi connectivity index (χ1n) is 6.13. The number of hydrogen-bond acceptors (Lipinski definition) is 5. The maximum Gasteiger partial charge on any atom is 0.292 e. The summed E-state index contributed by atoms with van der Waals surface area (Å²) in [6.07, 6.45) is 0.901. The molecule has 0 saturated carbocycles.